The van der Waals surface area contributed by atoms with E-state index in [1.54, 1.807) is 67.8 Å². The number of amides is 1. The first-order chi connectivity index (χ1) is 17.3. The molecule has 0 aliphatic carbocycles. The van der Waals surface area contributed by atoms with Crippen LogP contribution in [0.4, 0.5) is 5.69 Å². The van der Waals surface area contributed by atoms with Crippen LogP contribution in [0.2, 0.25) is 0 Å². The zero-order chi connectivity index (χ0) is 26.0. The molecule has 0 aromatic heterocycles. The van der Waals surface area contributed by atoms with Crippen LogP contribution in [-0.4, -0.2) is 44.1 Å². The Morgan fingerprint density at radius 2 is 1.61 bits per heavy atom. The molecule has 36 heavy (non-hydrogen) atoms. The third kappa shape index (κ3) is 4.29. The average Bonchev–Trinajstić information content (AvgIpc) is 3.17. The number of aliphatic hydroxyl groups excluding tert-OH is 1. The van der Waals surface area contributed by atoms with Crippen LogP contribution in [0.15, 0.2) is 72.3 Å². The van der Waals surface area contributed by atoms with E-state index in [-0.39, 0.29) is 16.9 Å². The van der Waals surface area contributed by atoms with Gasteiger partial charge in [0.15, 0.2) is 0 Å². The number of ether oxygens (including phenoxy) is 3. The molecule has 1 N–H and O–H groups in total. The molecule has 1 unspecified atom stereocenters. The SMILES string of the molecule is COC(=O)c1cccc(N2C(=O)C(=O)/C(=C(/O)c3ccc(OC)c(C)c3)C2c2ccc(OC)cc2)c1. The van der Waals surface area contributed by atoms with Crippen molar-refractivity contribution in [2.75, 3.05) is 26.2 Å². The van der Waals surface area contributed by atoms with E-state index in [0.29, 0.717) is 28.3 Å². The second-order valence-corrected chi connectivity index (χ2v) is 8.17. The number of carbonyl (C=O) groups is 3. The zero-order valence-electron chi connectivity index (χ0n) is 20.3. The summed E-state index contributed by atoms with van der Waals surface area (Å²) in [6.45, 7) is 1.81. The van der Waals surface area contributed by atoms with Gasteiger partial charge in [-0.3, -0.25) is 14.5 Å². The standard InChI is InChI=1S/C28H25NO7/c1-16-14-18(10-13-22(16)35-3)25(30)23-24(17-8-11-21(34-2)12-9-17)29(27(32)26(23)31)20-7-5-6-19(15-20)28(33)36-4/h5-15,24,30H,1-4H3/b25-23+. The Morgan fingerprint density at radius 3 is 2.22 bits per heavy atom. The van der Waals surface area contributed by atoms with Crippen LogP contribution in [0, 0.1) is 6.92 Å². The lowest BCUT2D eigenvalue weighted by Gasteiger charge is -2.26. The highest BCUT2D eigenvalue weighted by atomic mass is 16.5. The maximum absolute atomic E-state index is 13.3. The lowest BCUT2D eigenvalue weighted by atomic mass is 9.94. The van der Waals surface area contributed by atoms with E-state index in [0.717, 1.165) is 5.56 Å². The van der Waals surface area contributed by atoms with Gasteiger partial charge in [0.2, 0.25) is 0 Å². The van der Waals surface area contributed by atoms with Crippen molar-refractivity contribution in [3.05, 3.63) is 94.6 Å². The predicted octanol–water partition coefficient (Wildman–Crippen LogP) is 4.43. The summed E-state index contributed by atoms with van der Waals surface area (Å²) in [7, 11) is 4.33. The number of rotatable bonds is 6. The van der Waals surface area contributed by atoms with Gasteiger partial charge in [0, 0.05) is 11.3 Å². The van der Waals surface area contributed by atoms with Gasteiger partial charge in [-0.25, -0.2) is 4.79 Å². The van der Waals surface area contributed by atoms with Gasteiger partial charge in [0.05, 0.1) is 38.5 Å². The molecule has 1 heterocycles. The van der Waals surface area contributed by atoms with Gasteiger partial charge in [0.1, 0.15) is 17.3 Å². The summed E-state index contributed by atoms with van der Waals surface area (Å²) >= 11 is 0. The number of hydrogen-bond donors (Lipinski definition) is 1. The van der Waals surface area contributed by atoms with Crippen LogP contribution < -0.4 is 14.4 Å². The minimum absolute atomic E-state index is 0.0711. The molecule has 4 rings (SSSR count). The fourth-order valence-corrected chi connectivity index (χ4v) is 4.28. The summed E-state index contributed by atoms with van der Waals surface area (Å²) in [5.74, 6) is -1.35. The summed E-state index contributed by atoms with van der Waals surface area (Å²) in [5.41, 5.74) is 2.15. The lowest BCUT2D eigenvalue weighted by molar-refractivity contribution is -0.132. The predicted molar refractivity (Wildman–Crippen MR) is 133 cm³/mol. The molecule has 0 bridgehead atoms. The van der Waals surface area contributed by atoms with Crippen molar-refractivity contribution in [2.45, 2.75) is 13.0 Å². The summed E-state index contributed by atoms with van der Waals surface area (Å²) in [6.07, 6.45) is 0. The van der Waals surface area contributed by atoms with Crippen LogP contribution in [-0.2, 0) is 14.3 Å². The third-order valence-corrected chi connectivity index (χ3v) is 6.09. The number of ketones is 1. The number of anilines is 1. The van der Waals surface area contributed by atoms with Gasteiger partial charge in [-0.1, -0.05) is 18.2 Å². The van der Waals surface area contributed by atoms with Crippen molar-refractivity contribution < 1.29 is 33.7 Å². The third-order valence-electron chi connectivity index (χ3n) is 6.09. The highest BCUT2D eigenvalue weighted by molar-refractivity contribution is 6.51. The van der Waals surface area contributed by atoms with E-state index in [4.69, 9.17) is 14.2 Å². The molecule has 1 saturated heterocycles. The maximum atomic E-state index is 13.3. The van der Waals surface area contributed by atoms with Gasteiger partial charge in [-0.05, 0) is 66.6 Å². The van der Waals surface area contributed by atoms with Gasteiger partial charge in [0.25, 0.3) is 11.7 Å². The van der Waals surface area contributed by atoms with Crippen molar-refractivity contribution >= 4 is 29.1 Å². The molecule has 1 atom stereocenters. The number of carbonyl (C=O) groups excluding carboxylic acids is 3. The number of esters is 1. The van der Waals surface area contributed by atoms with Crippen molar-refractivity contribution in [1.29, 1.82) is 0 Å². The second kappa shape index (κ2) is 9.95. The first kappa shape index (κ1) is 24.5. The van der Waals surface area contributed by atoms with Gasteiger partial charge >= 0.3 is 5.97 Å². The Balaban J connectivity index is 1.93. The number of aliphatic hydroxyl groups is 1. The minimum atomic E-state index is -0.953. The molecule has 1 fully saturated rings. The Hall–Kier alpha value is -4.59. The molecule has 1 aliphatic heterocycles. The average molecular weight is 488 g/mol. The topological polar surface area (TPSA) is 102 Å². The van der Waals surface area contributed by atoms with Crippen molar-refractivity contribution in [3.8, 4) is 11.5 Å². The lowest BCUT2D eigenvalue weighted by Crippen LogP contribution is -2.29. The van der Waals surface area contributed by atoms with Crippen LogP contribution >= 0.6 is 0 Å². The molecular weight excluding hydrogens is 462 g/mol. The molecule has 8 heteroatoms. The Bertz CT molecular complexity index is 1370. The number of nitrogens with zero attached hydrogens (tertiary/aromatic N) is 1. The molecule has 8 nitrogen and oxygen atoms in total. The molecule has 3 aromatic carbocycles. The maximum Gasteiger partial charge on any atom is 0.337 e. The summed E-state index contributed by atoms with van der Waals surface area (Å²) in [4.78, 5) is 40.1. The van der Waals surface area contributed by atoms with E-state index in [2.05, 4.69) is 0 Å². The summed E-state index contributed by atoms with van der Waals surface area (Å²) in [5, 5.41) is 11.3. The number of benzene rings is 3. The van der Waals surface area contributed by atoms with E-state index in [1.165, 1.54) is 25.2 Å². The molecular formula is C28H25NO7. The first-order valence-electron chi connectivity index (χ1n) is 11.1. The molecule has 3 aromatic rings. The molecule has 0 saturated carbocycles. The smallest absolute Gasteiger partial charge is 0.337 e. The van der Waals surface area contributed by atoms with Crippen LogP contribution in [0.3, 0.4) is 0 Å². The Labute approximate surface area is 208 Å². The van der Waals surface area contributed by atoms with Gasteiger partial charge in [-0.15, -0.1) is 0 Å². The van der Waals surface area contributed by atoms with Crippen LogP contribution in [0.1, 0.15) is 33.1 Å². The summed E-state index contributed by atoms with van der Waals surface area (Å²) < 4.78 is 15.3. The minimum Gasteiger partial charge on any atom is -0.507 e. The number of aryl methyl sites for hydroxylation is 1. The van der Waals surface area contributed by atoms with E-state index in [1.807, 2.05) is 6.92 Å². The number of methoxy groups -OCH3 is 3. The molecule has 184 valence electrons. The largest absolute Gasteiger partial charge is 0.507 e. The number of Topliss-reactive ketones (excluding diaryl/α,β-unsaturated/α-hetero) is 1. The number of hydrogen-bond acceptors (Lipinski definition) is 7. The molecule has 1 aliphatic rings. The zero-order valence-corrected chi connectivity index (χ0v) is 20.3. The van der Waals surface area contributed by atoms with Gasteiger partial charge in [-0.2, -0.15) is 0 Å². The van der Waals surface area contributed by atoms with Crippen LogP contribution in [0.5, 0.6) is 11.5 Å². The monoisotopic (exact) mass is 487 g/mol. The second-order valence-electron chi connectivity index (χ2n) is 8.17. The van der Waals surface area contributed by atoms with E-state index >= 15 is 0 Å². The van der Waals surface area contributed by atoms with E-state index in [9.17, 15) is 19.5 Å². The summed E-state index contributed by atoms with van der Waals surface area (Å²) in [6, 6.07) is 17.1. The molecule has 0 spiro atoms. The first-order valence-corrected chi connectivity index (χ1v) is 11.1. The Morgan fingerprint density at radius 1 is 0.889 bits per heavy atom. The highest BCUT2D eigenvalue weighted by Crippen LogP contribution is 2.43. The van der Waals surface area contributed by atoms with Crippen LogP contribution in [0.25, 0.3) is 5.76 Å². The fourth-order valence-electron chi connectivity index (χ4n) is 4.28. The van der Waals surface area contributed by atoms with E-state index < -0.39 is 23.7 Å². The fraction of sp³-hybridized carbons (Fsp3) is 0.179. The Kier molecular flexibility index (Phi) is 6.78. The van der Waals surface area contributed by atoms with Crippen molar-refractivity contribution in [2.24, 2.45) is 0 Å². The quantitative estimate of drug-likeness (QED) is 0.238. The molecule has 0 radical (unpaired) electrons. The van der Waals surface area contributed by atoms with Crippen molar-refractivity contribution in [1.82, 2.24) is 0 Å². The molecule has 1 amide bonds. The normalized spacial score (nSPS) is 16.7. The van der Waals surface area contributed by atoms with Crippen molar-refractivity contribution in [3.63, 3.8) is 0 Å². The van der Waals surface area contributed by atoms with Gasteiger partial charge < -0.3 is 19.3 Å². The highest BCUT2D eigenvalue weighted by Gasteiger charge is 2.47.